The van der Waals surface area contributed by atoms with E-state index in [1.807, 2.05) is 0 Å². The Hall–Kier alpha value is -0.740. The summed E-state index contributed by atoms with van der Waals surface area (Å²) in [5.74, 6) is -2.56. The van der Waals surface area contributed by atoms with Gasteiger partial charge in [0.15, 0.2) is 0 Å². The summed E-state index contributed by atoms with van der Waals surface area (Å²) in [6.07, 6.45) is -4.95. The number of primary amides is 1. The summed E-state index contributed by atoms with van der Waals surface area (Å²) in [4.78, 5) is 9.98. The van der Waals surface area contributed by atoms with Crippen molar-refractivity contribution in [2.45, 2.75) is 19.5 Å². The summed E-state index contributed by atoms with van der Waals surface area (Å²) in [7, 11) is 0. The van der Waals surface area contributed by atoms with Crippen molar-refractivity contribution in [2.24, 2.45) is 11.7 Å². The molecule has 0 aliphatic carbocycles. The molecule has 2 N–H and O–H groups in total. The first kappa shape index (κ1) is 9.26. The van der Waals surface area contributed by atoms with Crippen LogP contribution in [0.3, 0.4) is 0 Å². The predicted molar refractivity (Wildman–Crippen MR) is 29.0 cm³/mol. The van der Waals surface area contributed by atoms with Gasteiger partial charge in [0, 0.05) is 6.42 Å². The Balaban J connectivity index is 3.85. The molecule has 0 aliphatic heterocycles. The number of alkyl halides is 3. The molecule has 60 valence electrons. The molecule has 0 aromatic heterocycles. The van der Waals surface area contributed by atoms with Gasteiger partial charge in [0.25, 0.3) is 0 Å². The first-order valence-corrected chi connectivity index (χ1v) is 2.69. The zero-order chi connectivity index (χ0) is 8.36. The number of amides is 1. The van der Waals surface area contributed by atoms with Crippen molar-refractivity contribution in [3.63, 3.8) is 0 Å². The van der Waals surface area contributed by atoms with Crippen LogP contribution in [0.1, 0.15) is 13.3 Å². The minimum Gasteiger partial charge on any atom is -0.370 e. The third kappa shape index (κ3) is 3.32. The fourth-order valence-electron chi connectivity index (χ4n) is 0.418. The molecule has 0 aromatic rings. The van der Waals surface area contributed by atoms with E-state index < -0.39 is 24.4 Å². The number of carbonyl (C=O) groups is 1. The second kappa shape index (κ2) is 2.90. The Labute approximate surface area is 56.2 Å². The summed E-state index contributed by atoms with van der Waals surface area (Å²) in [5.41, 5.74) is 4.55. The Morgan fingerprint density at radius 1 is 1.60 bits per heavy atom. The van der Waals surface area contributed by atoms with Crippen LogP contribution in [0.25, 0.3) is 0 Å². The maximum Gasteiger partial charge on any atom is 0.392 e. The van der Waals surface area contributed by atoms with Crippen LogP contribution >= 0.6 is 0 Å². The van der Waals surface area contributed by atoms with Crippen molar-refractivity contribution in [1.29, 1.82) is 0 Å². The van der Waals surface area contributed by atoms with Gasteiger partial charge in [0.05, 0.1) is 5.92 Å². The van der Waals surface area contributed by atoms with Gasteiger partial charge in [-0.3, -0.25) is 4.79 Å². The topological polar surface area (TPSA) is 43.1 Å². The van der Waals surface area contributed by atoms with Crippen molar-refractivity contribution < 1.29 is 18.0 Å². The van der Waals surface area contributed by atoms with Crippen LogP contribution in [0, 0.1) is 5.92 Å². The van der Waals surface area contributed by atoms with Gasteiger partial charge in [-0.2, -0.15) is 13.2 Å². The maximum atomic E-state index is 11.6. The van der Waals surface area contributed by atoms with Crippen LogP contribution in [0.5, 0.6) is 0 Å². The van der Waals surface area contributed by atoms with Crippen molar-refractivity contribution in [3.8, 4) is 0 Å². The maximum absolute atomic E-state index is 11.6. The molecular formula is C5H8F3NO. The van der Waals surface area contributed by atoms with E-state index in [1.54, 1.807) is 0 Å². The monoisotopic (exact) mass is 155 g/mol. The summed E-state index contributed by atoms with van der Waals surface area (Å²) >= 11 is 0. The highest BCUT2D eigenvalue weighted by molar-refractivity contribution is 5.74. The zero-order valence-corrected chi connectivity index (χ0v) is 5.40. The number of hydrogen-bond donors (Lipinski definition) is 1. The van der Waals surface area contributed by atoms with Gasteiger partial charge in [-0.25, -0.2) is 0 Å². The van der Waals surface area contributed by atoms with Crippen molar-refractivity contribution >= 4 is 5.91 Å². The van der Waals surface area contributed by atoms with Gasteiger partial charge in [-0.15, -0.1) is 0 Å². The van der Waals surface area contributed by atoms with Crippen LogP contribution in [-0.4, -0.2) is 12.1 Å². The van der Waals surface area contributed by atoms with E-state index in [1.165, 1.54) is 0 Å². The summed E-state index contributed by atoms with van der Waals surface area (Å²) in [6, 6.07) is 0. The average molecular weight is 155 g/mol. The zero-order valence-electron chi connectivity index (χ0n) is 5.40. The molecule has 1 atom stereocenters. The molecule has 2 nitrogen and oxygen atoms in total. The normalized spacial score (nSPS) is 14.8. The lowest BCUT2D eigenvalue weighted by Crippen LogP contribution is -2.25. The molecule has 0 radical (unpaired) electrons. The number of rotatable bonds is 2. The highest BCUT2D eigenvalue weighted by atomic mass is 19.4. The molecule has 0 fully saturated rings. The lowest BCUT2D eigenvalue weighted by atomic mass is 10.1. The molecule has 10 heavy (non-hydrogen) atoms. The minimum absolute atomic E-state index is 0.635. The molecule has 0 saturated heterocycles. The molecule has 0 unspecified atom stereocenters. The molecule has 0 aliphatic rings. The lowest BCUT2D eigenvalue weighted by molar-refractivity contribution is -0.173. The Kier molecular flexibility index (Phi) is 2.68. The smallest absolute Gasteiger partial charge is 0.370 e. The van der Waals surface area contributed by atoms with E-state index in [9.17, 15) is 18.0 Å². The molecule has 0 spiro atoms. The summed E-state index contributed by atoms with van der Waals surface area (Å²) < 4.78 is 34.8. The summed E-state index contributed by atoms with van der Waals surface area (Å²) in [5, 5.41) is 0. The van der Waals surface area contributed by atoms with E-state index >= 15 is 0 Å². The Bertz CT molecular complexity index is 131. The highest BCUT2D eigenvalue weighted by Crippen LogP contribution is 2.27. The van der Waals surface area contributed by atoms with Crippen molar-refractivity contribution in [1.82, 2.24) is 0 Å². The fourth-order valence-corrected chi connectivity index (χ4v) is 0.418. The van der Waals surface area contributed by atoms with Gasteiger partial charge in [-0.1, -0.05) is 6.92 Å². The van der Waals surface area contributed by atoms with Crippen LogP contribution in [-0.2, 0) is 4.79 Å². The van der Waals surface area contributed by atoms with E-state index in [4.69, 9.17) is 0 Å². The molecule has 0 heterocycles. The second-order valence-electron chi connectivity index (χ2n) is 2.11. The number of carbonyl (C=O) groups excluding carboxylic acids is 1. The highest BCUT2D eigenvalue weighted by Gasteiger charge is 2.36. The minimum atomic E-state index is -4.31. The average Bonchev–Trinajstić information content (AvgIpc) is 1.60. The van der Waals surface area contributed by atoms with Gasteiger partial charge >= 0.3 is 6.18 Å². The predicted octanol–water partition coefficient (Wildman–Crippen LogP) is 1.06. The van der Waals surface area contributed by atoms with Gasteiger partial charge in [-0.05, 0) is 0 Å². The molecule has 0 saturated carbocycles. The summed E-state index contributed by atoms with van der Waals surface area (Å²) in [6.45, 7) is 0.921. The fraction of sp³-hybridized carbons (Fsp3) is 0.800. The first-order valence-electron chi connectivity index (χ1n) is 2.69. The SMILES string of the molecule is C[C@@H](CC(N)=O)C(F)(F)F. The van der Waals surface area contributed by atoms with Gasteiger partial charge in [0.2, 0.25) is 5.91 Å². The van der Waals surface area contributed by atoms with E-state index in [-0.39, 0.29) is 0 Å². The second-order valence-corrected chi connectivity index (χ2v) is 2.11. The van der Waals surface area contributed by atoms with Gasteiger partial charge < -0.3 is 5.73 Å². The standard InChI is InChI=1S/C5H8F3NO/c1-3(2-4(9)10)5(6,7)8/h3H,2H2,1H3,(H2,9,10)/t3-/m0/s1. The third-order valence-corrected chi connectivity index (χ3v) is 1.07. The molecule has 0 bridgehead atoms. The number of nitrogens with two attached hydrogens (primary N) is 1. The number of halogens is 3. The quantitative estimate of drug-likeness (QED) is 0.636. The third-order valence-electron chi connectivity index (χ3n) is 1.07. The molecule has 1 amide bonds. The van der Waals surface area contributed by atoms with Crippen LogP contribution in [0.4, 0.5) is 13.2 Å². The molecule has 5 heteroatoms. The largest absolute Gasteiger partial charge is 0.392 e. The van der Waals surface area contributed by atoms with E-state index in [2.05, 4.69) is 5.73 Å². The van der Waals surface area contributed by atoms with Crippen molar-refractivity contribution in [2.75, 3.05) is 0 Å². The van der Waals surface area contributed by atoms with Gasteiger partial charge in [0.1, 0.15) is 0 Å². The van der Waals surface area contributed by atoms with E-state index in [0.29, 0.717) is 0 Å². The Morgan fingerprint density at radius 2 is 2.00 bits per heavy atom. The number of hydrogen-bond acceptors (Lipinski definition) is 1. The van der Waals surface area contributed by atoms with Crippen molar-refractivity contribution in [3.05, 3.63) is 0 Å². The van der Waals surface area contributed by atoms with E-state index in [0.717, 1.165) is 6.92 Å². The van der Waals surface area contributed by atoms with Crippen LogP contribution in [0.2, 0.25) is 0 Å². The first-order chi connectivity index (χ1) is 4.34. The molecular weight excluding hydrogens is 147 g/mol. The van der Waals surface area contributed by atoms with Crippen LogP contribution in [0.15, 0.2) is 0 Å². The van der Waals surface area contributed by atoms with Crippen LogP contribution < -0.4 is 5.73 Å². The lowest BCUT2D eigenvalue weighted by Gasteiger charge is -2.12. The molecule has 0 rings (SSSR count). The molecule has 0 aromatic carbocycles. The Morgan fingerprint density at radius 3 is 2.10 bits per heavy atom.